The number of fused-ring (bicyclic) bond motifs is 3. The number of phenols is 1. The Hall–Kier alpha value is -3.42. The number of benzene rings is 1. The summed E-state index contributed by atoms with van der Waals surface area (Å²) < 4.78 is 4.77. The number of hydrogen-bond acceptors (Lipinski definition) is 8. The molecule has 1 aromatic carbocycles. The molecule has 8 heteroatoms. The minimum atomic E-state index is -1.09. The second-order valence-electron chi connectivity index (χ2n) is 7.93. The first kappa shape index (κ1) is 19.9. The SMILES string of the molecule is COC(=O)c1ccc(O)c2c1CC1CC3CC(O)=C(C(C)=O)C(=O)C3C(O)=C1C2=O. The van der Waals surface area contributed by atoms with Crippen LogP contribution in [0.4, 0.5) is 0 Å². The third-order valence-corrected chi connectivity index (χ3v) is 6.28. The summed E-state index contributed by atoms with van der Waals surface area (Å²) in [5, 5.41) is 31.4. The number of Topliss-reactive ketones (excluding diaryl/α,β-unsaturated/α-hetero) is 3. The Kier molecular flexibility index (Phi) is 4.52. The van der Waals surface area contributed by atoms with E-state index in [0.717, 1.165) is 6.92 Å². The fourth-order valence-electron chi connectivity index (χ4n) is 5.05. The standard InChI is InChI=1S/C22H20O8/c1-8(23)15-14(25)7-10-5-9-6-12-11(22(29)30-2)3-4-13(24)18(12)21(28)16(9)20(27)17(10)19(15)26/h3-4,9-10,17,24-25,27H,5-7H2,1-2H3. The third kappa shape index (κ3) is 2.67. The van der Waals surface area contributed by atoms with Gasteiger partial charge in [-0.15, -0.1) is 0 Å². The van der Waals surface area contributed by atoms with Crippen LogP contribution < -0.4 is 0 Å². The van der Waals surface area contributed by atoms with E-state index >= 15 is 0 Å². The number of esters is 1. The zero-order valence-electron chi connectivity index (χ0n) is 16.4. The third-order valence-electron chi connectivity index (χ3n) is 6.28. The fraction of sp³-hybridized carbons (Fsp3) is 0.364. The highest BCUT2D eigenvalue weighted by Crippen LogP contribution is 2.49. The summed E-state index contributed by atoms with van der Waals surface area (Å²) in [4.78, 5) is 50.0. The molecule has 0 aromatic heterocycles. The predicted octanol–water partition coefficient (Wildman–Crippen LogP) is 2.36. The second kappa shape index (κ2) is 6.83. The molecule has 0 amide bonds. The topological polar surface area (TPSA) is 138 Å². The van der Waals surface area contributed by atoms with Gasteiger partial charge in [-0.2, -0.15) is 0 Å². The number of rotatable bonds is 2. The van der Waals surface area contributed by atoms with Gasteiger partial charge in [0, 0.05) is 12.0 Å². The predicted molar refractivity (Wildman–Crippen MR) is 102 cm³/mol. The van der Waals surface area contributed by atoms with Gasteiger partial charge in [0.1, 0.15) is 17.3 Å². The number of carbonyl (C=O) groups excluding carboxylic acids is 4. The molecule has 3 atom stereocenters. The summed E-state index contributed by atoms with van der Waals surface area (Å²) in [6.07, 6.45) is 0.511. The molecule has 0 spiro atoms. The van der Waals surface area contributed by atoms with Gasteiger partial charge >= 0.3 is 5.97 Å². The normalized spacial score (nSPS) is 25.5. The molecule has 3 N–H and O–H groups in total. The molecule has 0 saturated carbocycles. The first-order valence-electron chi connectivity index (χ1n) is 9.55. The molecule has 0 bridgehead atoms. The lowest BCUT2D eigenvalue weighted by molar-refractivity contribution is -0.125. The number of methoxy groups -OCH3 is 1. The zero-order chi connectivity index (χ0) is 21.9. The number of allylic oxidation sites excluding steroid dienone is 4. The maximum Gasteiger partial charge on any atom is 0.338 e. The number of aliphatic hydroxyl groups is 2. The van der Waals surface area contributed by atoms with E-state index in [-0.39, 0.29) is 46.6 Å². The Balaban J connectivity index is 1.86. The van der Waals surface area contributed by atoms with E-state index in [0.29, 0.717) is 12.0 Å². The summed E-state index contributed by atoms with van der Waals surface area (Å²) in [5.41, 5.74) is 0.0569. The molecule has 0 saturated heterocycles. The Morgan fingerprint density at radius 3 is 2.43 bits per heavy atom. The Labute approximate surface area is 171 Å². The summed E-state index contributed by atoms with van der Waals surface area (Å²) in [5.74, 6) is -5.75. The van der Waals surface area contributed by atoms with Crippen molar-refractivity contribution >= 4 is 23.3 Å². The van der Waals surface area contributed by atoms with Gasteiger partial charge in [-0.05, 0) is 49.3 Å². The van der Waals surface area contributed by atoms with Crippen LogP contribution in [0.3, 0.4) is 0 Å². The van der Waals surface area contributed by atoms with E-state index in [2.05, 4.69) is 0 Å². The Morgan fingerprint density at radius 2 is 1.80 bits per heavy atom. The van der Waals surface area contributed by atoms with Crippen molar-refractivity contribution in [1.82, 2.24) is 0 Å². The van der Waals surface area contributed by atoms with Gasteiger partial charge in [0.15, 0.2) is 17.3 Å². The van der Waals surface area contributed by atoms with Gasteiger partial charge in [-0.3, -0.25) is 14.4 Å². The van der Waals surface area contributed by atoms with Crippen molar-refractivity contribution in [2.75, 3.05) is 7.11 Å². The van der Waals surface area contributed by atoms with Crippen LogP contribution in [0.25, 0.3) is 0 Å². The first-order valence-corrected chi connectivity index (χ1v) is 9.55. The van der Waals surface area contributed by atoms with Crippen molar-refractivity contribution in [2.24, 2.45) is 17.8 Å². The molecule has 0 aliphatic heterocycles. The van der Waals surface area contributed by atoms with Gasteiger partial charge in [0.2, 0.25) is 0 Å². The number of phenolic OH excluding ortho intramolecular Hbond substituents is 1. The van der Waals surface area contributed by atoms with Gasteiger partial charge < -0.3 is 20.1 Å². The molecular formula is C22H20O8. The van der Waals surface area contributed by atoms with Crippen molar-refractivity contribution in [3.63, 3.8) is 0 Å². The highest BCUT2D eigenvalue weighted by Gasteiger charge is 2.50. The number of ketones is 3. The quantitative estimate of drug-likeness (QED) is 0.497. The Morgan fingerprint density at radius 1 is 1.10 bits per heavy atom. The lowest BCUT2D eigenvalue weighted by Crippen LogP contribution is -2.42. The van der Waals surface area contributed by atoms with E-state index in [1.807, 2.05) is 0 Å². The molecule has 0 fully saturated rings. The van der Waals surface area contributed by atoms with E-state index in [1.54, 1.807) is 0 Å². The van der Waals surface area contributed by atoms with Gasteiger partial charge in [-0.1, -0.05) is 0 Å². The van der Waals surface area contributed by atoms with Crippen LogP contribution in [0.2, 0.25) is 0 Å². The first-order chi connectivity index (χ1) is 14.2. The summed E-state index contributed by atoms with van der Waals surface area (Å²) >= 11 is 0. The summed E-state index contributed by atoms with van der Waals surface area (Å²) in [6, 6.07) is 2.60. The van der Waals surface area contributed by atoms with Crippen molar-refractivity contribution in [2.45, 2.75) is 26.2 Å². The molecule has 1 aromatic rings. The fourth-order valence-corrected chi connectivity index (χ4v) is 5.05. The molecule has 0 radical (unpaired) electrons. The van der Waals surface area contributed by atoms with E-state index < -0.39 is 46.8 Å². The van der Waals surface area contributed by atoms with E-state index in [4.69, 9.17) is 4.74 Å². The second-order valence-corrected chi connectivity index (χ2v) is 7.93. The monoisotopic (exact) mass is 412 g/mol. The van der Waals surface area contributed by atoms with Gasteiger partial charge in [0.05, 0.1) is 29.7 Å². The number of aliphatic hydroxyl groups excluding tert-OH is 2. The lowest BCUT2D eigenvalue weighted by Gasteiger charge is -2.41. The van der Waals surface area contributed by atoms with Crippen LogP contribution in [-0.2, 0) is 20.7 Å². The van der Waals surface area contributed by atoms with Crippen LogP contribution in [0, 0.1) is 17.8 Å². The van der Waals surface area contributed by atoms with Crippen LogP contribution >= 0.6 is 0 Å². The van der Waals surface area contributed by atoms with Crippen molar-refractivity contribution < 1.29 is 39.2 Å². The van der Waals surface area contributed by atoms with Gasteiger partial charge in [-0.25, -0.2) is 4.79 Å². The molecule has 3 aliphatic carbocycles. The number of aromatic hydroxyl groups is 1. The highest BCUT2D eigenvalue weighted by molar-refractivity contribution is 6.22. The smallest absolute Gasteiger partial charge is 0.338 e. The molecule has 8 nitrogen and oxygen atoms in total. The molecular weight excluding hydrogens is 392 g/mol. The molecule has 3 unspecified atom stereocenters. The summed E-state index contributed by atoms with van der Waals surface area (Å²) in [7, 11) is 1.21. The maximum atomic E-state index is 13.2. The Bertz CT molecular complexity index is 1090. The van der Waals surface area contributed by atoms with Crippen LogP contribution in [0.15, 0.2) is 34.8 Å². The maximum absolute atomic E-state index is 13.2. The van der Waals surface area contributed by atoms with Crippen molar-refractivity contribution in [1.29, 1.82) is 0 Å². The zero-order valence-corrected chi connectivity index (χ0v) is 16.4. The highest BCUT2D eigenvalue weighted by atomic mass is 16.5. The van der Waals surface area contributed by atoms with Crippen LogP contribution in [0.5, 0.6) is 5.75 Å². The molecule has 156 valence electrons. The van der Waals surface area contributed by atoms with E-state index in [9.17, 15) is 34.5 Å². The summed E-state index contributed by atoms with van der Waals surface area (Å²) in [6.45, 7) is 1.16. The lowest BCUT2D eigenvalue weighted by atomic mass is 9.62. The van der Waals surface area contributed by atoms with Crippen LogP contribution in [0.1, 0.15) is 46.0 Å². The van der Waals surface area contributed by atoms with Crippen molar-refractivity contribution in [3.05, 3.63) is 51.5 Å². The minimum absolute atomic E-state index is 0.0127. The average Bonchev–Trinajstić information content (AvgIpc) is 2.66. The molecule has 4 rings (SSSR count). The average molecular weight is 412 g/mol. The number of carbonyl (C=O) groups is 4. The van der Waals surface area contributed by atoms with Crippen molar-refractivity contribution in [3.8, 4) is 5.75 Å². The van der Waals surface area contributed by atoms with Gasteiger partial charge in [0.25, 0.3) is 0 Å². The molecule has 3 aliphatic rings. The number of hydrogen-bond donors (Lipinski definition) is 3. The largest absolute Gasteiger partial charge is 0.511 e. The molecule has 30 heavy (non-hydrogen) atoms. The minimum Gasteiger partial charge on any atom is -0.511 e. The van der Waals surface area contributed by atoms with E-state index in [1.165, 1.54) is 19.2 Å². The molecule has 0 heterocycles. The number of ether oxygens (including phenoxy) is 1. The van der Waals surface area contributed by atoms with Crippen LogP contribution in [-0.4, -0.2) is 45.7 Å².